The van der Waals surface area contributed by atoms with Crippen LogP contribution in [0.25, 0.3) is 0 Å². The largest absolute Gasteiger partial charge is 0.493 e. The molecule has 10 nitrogen and oxygen atoms in total. The Bertz CT molecular complexity index is 1070. The third kappa shape index (κ3) is 4.41. The fourth-order valence-corrected chi connectivity index (χ4v) is 4.20. The standard InChI is InChI=1S/C23H24N2O8/c1-30-19-8-7-17-18(26)13-23(33-21(17)22(19)31-2)9-11-24(12-10-23)20(27)14-32-16-5-3-15(4-6-16)25(28)29/h3-8H,9-14H2,1-2H3. The molecule has 174 valence electrons. The van der Waals surface area contributed by atoms with Gasteiger partial charge < -0.3 is 23.8 Å². The Kier molecular flexibility index (Phi) is 6.08. The van der Waals surface area contributed by atoms with E-state index in [1.54, 1.807) is 17.0 Å². The molecule has 33 heavy (non-hydrogen) atoms. The van der Waals surface area contributed by atoms with Gasteiger partial charge in [0, 0.05) is 38.1 Å². The van der Waals surface area contributed by atoms with Crippen molar-refractivity contribution in [1.29, 1.82) is 0 Å². The zero-order chi connectivity index (χ0) is 23.6. The van der Waals surface area contributed by atoms with Crippen molar-refractivity contribution in [2.75, 3.05) is 33.9 Å². The second-order valence-corrected chi connectivity index (χ2v) is 7.98. The molecular formula is C23H24N2O8. The first-order valence-electron chi connectivity index (χ1n) is 10.5. The number of rotatable bonds is 6. The van der Waals surface area contributed by atoms with E-state index >= 15 is 0 Å². The highest BCUT2D eigenvalue weighted by atomic mass is 16.6. The summed E-state index contributed by atoms with van der Waals surface area (Å²) in [5.74, 6) is 1.40. The van der Waals surface area contributed by atoms with Gasteiger partial charge in [-0.05, 0) is 24.3 Å². The molecule has 10 heteroatoms. The molecule has 0 bridgehead atoms. The van der Waals surface area contributed by atoms with Gasteiger partial charge in [0.25, 0.3) is 11.6 Å². The molecule has 0 atom stereocenters. The molecule has 1 saturated heterocycles. The minimum Gasteiger partial charge on any atom is -0.493 e. The van der Waals surface area contributed by atoms with Crippen molar-refractivity contribution in [3.05, 3.63) is 52.1 Å². The summed E-state index contributed by atoms with van der Waals surface area (Å²) in [6.45, 7) is 0.646. The zero-order valence-corrected chi connectivity index (χ0v) is 18.4. The molecule has 4 rings (SSSR count). The maximum atomic E-state index is 12.8. The summed E-state index contributed by atoms with van der Waals surface area (Å²) >= 11 is 0. The lowest BCUT2D eigenvalue weighted by Gasteiger charge is -2.44. The topological polar surface area (TPSA) is 117 Å². The van der Waals surface area contributed by atoms with Crippen LogP contribution in [0.3, 0.4) is 0 Å². The SMILES string of the molecule is COc1ccc2c(c1OC)OC1(CCN(C(=O)COc3ccc([N+](=O)[O-])cc3)CC1)CC2=O. The number of Topliss-reactive ketones (excluding diaryl/α,β-unsaturated/α-hetero) is 1. The predicted molar refractivity (Wildman–Crippen MR) is 116 cm³/mol. The first kappa shape index (κ1) is 22.4. The number of ether oxygens (including phenoxy) is 4. The summed E-state index contributed by atoms with van der Waals surface area (Å²) in [6.07, 6.45) is 1.21. The molecule has 1 spiro atoms. The first-order valence-corrected chi connectivity index (χ1v) is 10.5. The number of nitro groups is 1. The summed E-state index contributed by atoms with van der Waals surface area (Å²) < 4.78 is 22.6. The maximum Gasteiger partial charge on any atom is 0.269 e. The first-order chi connectivity index (χ1) is 15.9. The average molecular weight is 456 g/mol. The van der Waals surface area contributed by atoms with Gasteiger partial charge in [0.15, 0.2) is 23.9 Å². The van der Waals surface area contributed by atoms with Crippen LogP contribution in [0.1, 0.15) is 29.6 Å². The number of nitro benzene ring substituents is 1. The Morgan fingerprint density at radius 1 is 1.12 bits per heavy atom. The molecule has 2 aliphatic heterocycles. The van der Waals surface area contributed by atoms with Crippen LogP contribution >= 0.6 is 0 Å². The normalized spacial score (nSPS) is 16.5. The van der Waals surface area contributed by atoms with Gasteiger partial charge in [-0.1, -0.05) is 0 Å². The molecule has 2 aromatic carbocycles. The molecule has 0 aliphatic carbocycles. The van der Waals surface area contributed by atoms with E-state index in [-0.39, 0.29) is 30.4 Å². The number of ketones is 1. The van der Waals surface area contributed by atoms with Crippen LogP contribution in [0.5, 0.6) is 23.0 Å². The van der Waals surface area contributed by atoms with E-state index in [1.165, 1.54) is 38.5 Å². The van der Waals surface area contributed by atoms with Crippen LogP contribution in [-0.2, 0) is 4.79 Å². The highest BCUT2D eigenvalue weighted by molar-refractivity contribution is 6.01. The minimum absolute atomic E-state index is 0.0292. The van der Waals surface area contributed by atoms with Crippen molar-refractivity contribution in [1.82, 2.24) is 4.90 Å². The number of likely N-dealkylation sites (tertiary alicyclic amines) is 1. The van der Waals surface area contributed by atoms with Crippen LogP contribution < -0.4 is 18.9 Å². The number of carbonyl (C=O) groups is 2. The quantitative estimate of drug-likeness (QED) is 0.481. The molecule has 0 saturated carbocycles. The highest BCUT2D eigenvalue weighted by Crippen LogP contribution is 2.47. The van der Waals surface area contributed by atoms with Gasteiger partial charge in [0.05, 0.1) is 31.1 Å². The van der Waals surface area contributed by atoms with E-state index < -0.39 is 10.5 Å². The van der Waals surface area contributed by atoms with Gasteiger partial charge in [-0.15, -0.1) is 0 Å². The molecule has 1 fully saturated rings. The van der Waals surface area contributed by atoms with Gasteiger partial charge in [-0.25, -0.2) is 0 Å². The number of benzene rings is 2. The van der Waals surface area contributed by atoms with Gasteiger partial charge in [-0.2, -0.15) is 0 Å². The molecule has 0 N–H and O–H groups in total. The molecule has 1 amide bonds. The highest BCUT2D eigenvalue weighted by Gasteiger charge is 2.45. The van der Waals surface area contributed by atoms with E-state index in [2.05, 4.69) is 0 Å². The van der Waals surface area contributed by atoms with Crippen LogP contribution in [-0.4, -0.2) is 61.0 Å². The lowest BCUT2D eigenvalue weighted by molar-refractivity contribution is -0.384. The third-order valence-corrected chi connectivity index (χ3v) is 6.04. The van der Waals surface area contributed by atoms with Crippen molar-refractivity contribution < 1.29 is 33.5 Å². The second-order valence-electron chi connectivity index (χ2n) is 7.98. The number of nitrogens with zero attached hydrogens (tertiary/aromatic N) is 2. The monoisotopic (exact) mass is 456 g/mol. The summed E-state index contributed by atoms with van der Waals surface area (Å²) in [4.78, 5) is 37.4. The molecule has 0 radical (unpaired) electrons. The molecule has 0 unspecified atom stereocenters. The lowest BCUT2D eigenvalue weighted by Crippen LogP contribution is -2.53. The Morgan fingerprint density at radius 2 is 1.82 bits per heavy atom. The van der Waals surface area contributed by atoms with Crippen LogP contribution in [0.2, 0.25) is 0 Å². The summed E-state index contributed by atoms with van der Waals surface area (Å²) in [6, 6.07) is 8.92. The van der Waals surface area contributed by atoms with E-state index in [0.717, 1.165) is 0 Å². The fraction of sp³-hybridized carbons (Fsp3) is 0.391. The summed E-state index contributed by atoms with van der Waals surface area (Å²) in [5, 5.41) is 10.7. The number of hydrogen-bond acceptors (Lipinski definition) is 8. The Morgan fingerprint density at radius 3 is 2.42 bits per heavy atom. The van der Waals surface area contributed by atoms with Crippen LogP contribution in [0, 0.1) is 10.1 Å². The molecule has 2 aromatic rings. The molecule has 0 aromatic heterocycles. The van der Waals surface area contributed by atoms with E-state index in [4.69, 9.17) is 18.9 Å². The second kappa shape index (κ2) is 8.97. The van der Waals surface area contributed by atoms with Crippen LogP contribution in [0.15, 0.2) is 36.4 Å². The Balaban J connectivity index is 1.39. The number of fused-ring (bicyclic) bond motifs is 1. The zero-order valence-electron chi connectivity index (χ0n) is 18.4. The fourth-order valence-electron chi connectivity index (χ4n) is 4.20. The molecule has 2 aliphatic rings. The minimum atomic E-state index is -0.709. The van der Waals surface area contributed by atoms with Gasteiger partial charge in [0.1, 0.15) is 11.4 Å². The van der Waals surface area contributed by atoms with E-state index in [0.29, 0.717) is 54.5 Å². The number of amides is 1. The number of piperidine rings is 1. The van der Waals surface area contributed by atoms with Gasteiger partial charge in [0.2, 0.25) is 5.75 Å². The Hall–Kier alpha value is -3.82. The van der Waals surface area contributed by atoms with Gasteiger partial charge in [-0.3, -0.25) is 19.7 Å². The lowest BCUT2D eigenvalue weighted by atomic mass is 9.82. The number of non-ortho nitro benzene ring substituents is 1. The van der Waals surface area contributed by atoms with E-state index in [1.807, 2.05) is 0 Å². The molecular weight excluding hydrogens is 432 g/mol. The number of hydrogen-bond donors (Lipinski definition) is 0. The van der Waals surface area contributed by atoms with E-state index in [9.17, 15) is 19.7 Å². The summed E-state index contributed by atoms with van der Waals surface area (Å²) in [5.41, 5.74) is -0.291. The maximum absolute atomic E-state index is 12.8. The smallest absolute Gasteiger partial charge is 0.269 e. The predicted octanol–water partition coefficient (Wildman–Crippen LogP) is 3.02. The third-order valence-electron chi connectivity index (χ3n) is 6.04. The summed E-state index contributed by atoms with van der Waals surface area (Å²) in [7, 11) is 3.02. The van der Waals surface area contributed by atoms with Crippen molar-refractivity contribution >= 4 is 17.4 Å². The van der Waals surface area contributed by atoms with Crippen LogP contribution in [0.4, 0.5) is 5.69 Å². The molecule has 2 heterocycles. The van der Waals surface area contributed by atoms with Crippen molar-refractivity contribution in [2.24, 2.45) is 0 Å². The number of methoxy groups -OCH3 is 2. The average Bonchev–Trinajstić information content (AvgIpc) is 2.82. The van der Waals surface area contributed by atoms with Crippen molar-refractivity contribution in [2.45, 2.75) is 24.9 Å². The van der Waals surface area contributed by atoms with Gasteiger partial charge >= 0.3 is 0 Å². The number of carbonyl (C=O) groups excluding carboxylic acids is 2. The Labute approximate surface area is 190 Å². The van der Waals surface area contributed by atoms with Crippen molar-refractivity contribution in [3.63, 3.8) is 0 Å². The van der Waals surface area contributed by atoms with Crippen molar-refractivity contribution in [3.8, 4) is 23.0 Å².